The Labute approximate surface area is 233 Å². The van der Waals surface area contributed by atoms with Crippen LogP contribution in [0.1, 0.15) is 55.3 Å². The molecule has 2 aliphatic rings. The molecule has 1 amide bonds. The van der Waals surface area contributed by atoms with Crippen molar-refractivity contribution in [3.05, 3.63) is 66.2 Å². The first kappa shape index (κ1) is 26.1. The Morgan fingerprint density at radius 1 is 0.975 bits per heavy atom. The van der Waals surface area contributed by atoms with Gasteiger partial charge >= 0.3 is 0 Å². The van der Waals surface area contributed by atoms with Crippen molar-refractivity contribution in [1.29, 1.82) is 0 Å². The predicted molar refractivity (Wildman–Crippen MR) is 156 cm³/mol. The molecule has 1 aliphatic heterocycles. The molecule has 1 aliphatic carbocycles. The first-order valence-corrected chi connectivity index (χ1v) is 14.1. The SMILES string of the molecule is Nc1ccc(-c2cc(C(=O)NC3CCCCC3)ccc2F)nc1-c1cc2c(N3CCCC(N)C3)ccnc2cn1. The Hall–Kier alpha value is -4.11. The number of aromatic nitrogens is 3. The number of nitrogens with one attached hydrogen (secondary N) is 1. The number of piperidine rings is 1. The van der Waals surface area contributed by atoms with Crippen LogP contribution in [0.25, 0.3) is 33.5 Å². The molecule has 1 atom stereocenters. The molecule has 2 fully saturated rings. The highest BCUT2D eigenvalue weighted by molar-refractivity contribution is 5.96. The van der Waals surface area contributed by atoms with Gasteiger partial charge in [-0.1, -0.05) is 19.3 Å². The fraction of sp³-hybridized carbons (Fsp3) is 0.355. The van der Waals surface area contributed by atoms with Crippen LogP contribution in [-0.2, 0) is 0 Å². The van der Waals surface area contributed by atoms with E-state index >= 15 is 4.39 Å². The molecule has 1 unspecified atom stereocenters. The van der Waals surface area contributed by atoms with Gasteiger partial charge in [-0.25, -0.2) is 9.37 Å². The second kappa shape index (κ2) is 11.2. The molecular weight excluding hydrogens is 505 g/mol. The van der Waals surface area contributed by atoms with Crippen molar-refractivity contribution in [3.63, 3.8) is 0 Å². The average molecular weight is 540 g/mol. The highest BCUT2D eigenvalue weighted by Crippen LogP contribution is 2.33. The summed E-state index contributed by atoms with van der Waals surface area (Å²) in [4.78, 5) is 29.1. The molecule has 40 heavy (non-hydrogen) atoms. The molecule has 3 aromatic heterocycles. The minimum Gasteiger partial charge on any atom is -0.397 e. The Balaban J connectivity index is 1.34. The van der Waals surface area contributed by atoms with Gasteiger partial charge in [0.15, 0.2) is 0 Å². The summed E-state index contributed by atoms with van der Waals surface area (Å²) in [5.41, 5.74) is 16.9. The number of anilines is 2. The lowest BCUT2D eigenvalue weighted by Gasteiger charge is -2.33. The van der Waals surface area contributed by atoms with Gasteiger partial charge in [-0.2, -0.15) is 0 Å². The number of hydrogen-bond acceptors (Lipinski definition) is 7. The number of fused-ring (bicyclic) bond motifs is 1. The summed E-state index contributed by atoms with van der Waals surface area (Å²) in [6.45, 7) is 1.70. The molecule has 1 saturated heterocycles. The molecule has 1 aromatic carbocycles. The molecule has 0 spiro atoms. The quantitative estimate of drug-likeness (QED) is 0.324. The van der Waals surface area contributed by atoms with Crippen LogP contribution in [0.4, 0.5) is 15.8 Å². The summed E-state index contributed by atoms with van der Waals surface area (Å²) >= 11 is 0. The van der Waals surface area contributed by atoms with Crippen LogP contribution in [0.5, 0.6) is 0 Å². The summed E-state index contributed by atoms with van der Waals surface area (Å²) in [6.07, 6.45) is 10.9. The third kappa shape index (κ3) is 5.34. The number of nitrogens with two attached hydrogens (primary N) is 2. The molecule has 0 bridgehead atoms. The van der Waals surface area contributed by atoms with E-state index in [1.165, 1.54) is 18.6 Å². The van der Waals surface area contributed by atoms with Crippen molar-refractivity contribution in [1.82, 2.24) is 20.3 Å². The Kier molecular flexibility index (Phi) is 7.30. The van der Waals surface area contributed by atoms with Crippen LogP contribution >= 0.6 is 0 Å². The maximum absolute atomic E-state index is 15.1. The fourth-order valence-electron chi connectivity index (χ4n) is 5.87. The third-order valence-electron chi connectivity index (χ3n) is 8.02. The van der Waals surface area contributed by atoms with Crippen LogP contribution in [0.2, 0.25) is 0 Å². The van der Waals surface area contributed by atoms with Gasteiger partial charge in [-0.05, 0) is 68.1 Å². The molecule has 5 N–H and O–H groups in total. The lowest BCUT2D eigenvalue weighted by atomic mass is 9.95. The Bertz CT molecular complexity index is 1550. The van der Waals surface area contributed by atoms with Crippen molar-refractivity contribution in [3.8, 4) is 22.6 Å². The number of pyridine rings is 3. The summed E-state index contributed by atoms with van der Waals surface area (Å²) in [5.74, 6) is -0.658. The van der Waals surface area contributed by atoms with E-state index in [0.717, 1.165) is 68.2 Å². The van der Waals surface area contributed by atoms with Crippen LogP contribution in [0.3, 0.4) is 0 Å². The number of nitrogens with zero attached hydrogens (tertiary/aromatic N) is 4. The topological polar surface area (TPSA) is 123 Å². The van der Waals surface area contributed by atoms with E-state index in [4.69, 9.17) is 16.5 Å². The zero-order valence-corrected chi connectivity index (χ0v) is 22.4. The monoisotopic (exact) mass is 539 g/mol. The van der Waals surface area contributed by atoms with E-state index in [1.54, 1.807) is 30.6 Å². The number of rotatable bonds is 5. The standard InChI is InChI=1S/C31H34FN7O/c32-24-9-8-19(31(40)37-21-6-2-1-3-7-21)15-22(24)26-11-10-25(34)30(38-26)27-16-23-28(17-36-27)35-13-12-29(23)39-14-4-5-20(33)18-39/h8-13,15-17,20-21H,1-7,14,18,33-34H2,(H,37,40). The fourth-order valence-corrected chi connectivity index (χ4v) is 5.87. The van der Waals surface area contributed by atoms with E-state index in [2.05, 4.69) is 20.2 Å². The van der Waals surface area contributed by atoms with E-state index in [9.17, 15) is 4.79 Å². The van der Waals surface area contributed by atoms with Gasteiger partial charge in [0.2, 0.25) is 0 Å². The van der Waals surface area contributed by atoms with Crippen LogP contribution < -0.4 is 21.7 Å². The predicted octanol–water partition coefficient (Wildman–Crippen LogP) is 5.07. The van der Waals surface area contributed by atoms with Crippen molar-refractivity contribution >= 4 is 28.2 Å². The highest BCUT2D eigenvalue weighted by Gasteiger charge is 2.21. The zero-order valence-electron chi connectivity index (χ0n) is 22.4. The normalized spacial score (nSPS) is 18.1. The van der Waals surface area contributed by atoms with Gasteiger partial charge in [0.05, 0.1) is 28.8 Å². The van der Waals surface area contributed by atoms with Gasteiger partial charge in [0.1, 0.15) is 11.5 Å². The Morgan fingerprint density at radius 2 is 1.82 bits per heavy atom. The molecule has 1 saturated carbocycles. The number of carbonyl (C=O) groups excluding carboxylic acids is 1. The molecule has 6 rings (SSSR count). The molecule has 206 valence electrons. The number of amides is 1. The molecule has 9 heteroatoms. The number of hydrogen-bond donors (Lipinski definition) is 3. The summed E-state index contributed by atoms with van der Waals surface area (Å²) in [7, 11) is 0. The summed E-state index contributed by atoms with van der Waals surface area (Å²) in [6, 6.07) is 12.0. The lowest BCUT2D eigenvalue weighted by Crippen LogP contribution is -2.42. The first-order valence-electron chi connectivity index (χ1n) is 14.1. The van der Waals surface area contributed by atoms with Gasteiger partial charge in [-0.3, -0.25) is 14.8 Å². The lowest BCUT2D eigenvalue weighted by molar-refractivity contribution is 0.0927. The van der Waals surface area contributed by atoms with E-state index in [-0.39, 0.29) is 23.6 Å². The van der Waals surface area contributed by atoms with Gasteiger partial charge < -0.3 is 21.7 Å². The third-order valence-corrected chi connectivity index (χ3v) is 8.02. The smallest absolute Gasteiger partial charge is 0.251 e. The molecule has 8 nitrogen and oxygen atoms in total. The second-order valence-corrected chi connectivity index (χ2v) is 10.9. The summed E-state index contributed by atoms with van der Waals surface area (Å²) in [5, 5.41) is 4.03. The minimum absolute atomic E-state index is 0.127. The number of carbonyl (C=O) groups is 1. The van der Waals surface area contributed by atoms with Crippen LogP contribution in [0, 0.1) is 5.82 Å². The number of nitrogen functional groups attached to an aromatic ring is 1. The summed E-state index contributed by atoms with van der Waals surface area (Å²) < 4.78 is 15.1. The van der Waals surface area contributed by atoms with E-state index in [1.807, 2.05) is 12.1 Å². The molecular formula is C31H34FN7O. The van der Waals surface area contributed by atoms with Crippen LogP contribution in [0.15, 0.2) is 54.9 Å². The molecule has 4 heterocycles. The minimum atomic E-state index is -0.461. The van der Waals surface area contributed by atoms with Crippen molar-refractivity contribution < 1.29 is 9.18 Å². The van der Waals surface area contributed by atoms with E-state index in [0.29, 0.717) is 28.3 Å². The van der Waals surface area contributed by atoms with E-state index < -0.39 is 5.82 Å². The van der Waals surface area contributed by atoms with Crippen molar-refractivity contribution in [2.75, 3.05) is 23.7 Å². The maximum Gasteiger partial charge on any atom is 0.251 e. The van der Waals surface area contributed by atoms with Crippen molar-refractivity contribution in [2.45, 2.75) is 57.0 Å². The average Bonchev–Trinajstić information content (AvgIpc) is 2.97. The Morgan fingerprint density at radius 3 is 2.65 bits per heavy atom. The zero-order chi connectivity index (χ0) is 27.6. The molecule has 0 radical (unpaired) electrons. The number of benzene rings is 1. The largest absolute Gasteiger partial charge is 0.397 e. The van der Waals surface area contributed by atoms with Crippen LogP contribution in [-0.4, -0.2) is 46.0 Å². The first-order chi connectivity index (χ1) is 19.5. The van der Waals surface area contributed by atoms with Gasteiger partial charge in [0.25, 0.3) is 5.91 Å². The maximum atomic E-state index is 15.1. The van der Waals surface area contributed by atoms with Gasteiger partial charge in [0, 0.05) is 53.6 Å². The van der Waals surface area contributed by atoms with Crippen molar-refractivity contribution in [2.24, 2.45) is 5.73 Å². The number of halogens is 1. The molecule has 4 aromatic rings. The van der Waals surface area contributed by atoms with Gasteiger partial charge in [-0.15, -0.1) is 0 Å². The highest BCUT2D eigenvalue weighted by atomic mass is 19.1. The second-order valence-electron chi connectivity index (χ2n) is 10.9.